The molecule has 10 heavy (non-hydrogen) atoms. The Morgan fingerprint density at radius 2 is 2.10 bits per heavy atom. The molecule has 0 aliphatic heterocycles. The van der Waals surface area contributed by atoms with Crippen LogP contribution in [0, 0.1) is 0 Å². The zero-order chi connectivity index (χ0) is 8.20. The molecular formula is C5H10N2O2S. The van der Waals surface area contributed by atoms with Gasteiger partial charge in [0.05, 0.1) is 0 Å². The Morgan fingerprint density at radius 3 is 2.20 bits per heavy atom. The smallest absolute Gasteiger partial charge is 0.241 e. The topological polar surface area (TPSA) is 58.9 Å². The van der Waals surface area contributed by atoms with Crippen molar-refractivity contribution in [3.8, 4) is 0 Å². The highest BCUT2D eigenvalue weighted by atomic mass is 32.2. The van der Waals surface area contributed by atoms with Crippen LogP contribution < -0.4 is 0 Å². The van der Waals surface area contributed by atoms with E-state index in [2.05, 4.69) is 16.7 Å². The van der Waals surface area contributed by atoms with Gasteiger partial charge in [-0.15, -0.1) is 0 Å². The summed E-state index contributed by atoms with van der Waals surface area (Å²) < 4.78 is 21.4. The number of hydrogen-bond acceptors (Lipinski definition) is 3. The molecule has 0 saturated carbocycles. The Balaban J connectivity index is 4.71. The van der Waals surface area contributed by atoms with Gasteiger partial charge in [-0.1, -0.05) is 0 Å². The summed E-state index contributed by atoms with van der Waals surface area (Å²) in [6.45, 7) is 5.22. The number of aliphatic imine (C=N–C) groups is 2. The second kappa shape index (κ2) is 3.46. The van der Waals surface area contributed by atoms with Crippen LogP contribution in [0.3, 0.4) is 0 Å². The second-order valence-corrected chi connectivity index (χ2v) is 3.60. The van der Waals surface area contributed by atoms with E-state index >= 15 is 0 Å². The predicted molar refractivity (Wildman–Crippen MR) is 42.4 cm³/mol. The highest BCUT2D eigenvalue weighted by Crippen LogP contribution is 1.90. The molecule has 0 atom stereocenters. The standard InChI is InChI=1S/C5H10N2O2S/c1-4-7-5(6-2)10(3,8)9/h2,4H2,1,3H3. The lowest BCUT2D eigenvalue weighted by Gasteiger charge is -1.93. The van der Waals surface area contributed by atoms with Crippen molar-refractivity contribution in [2.75, 3.05) is 12.8 Å². The summed E-state index contributed by atoms with van der Waals surface area (Å²) in [6.07, 6.45) is 1.05. The van der Waals surface area contributed by atoms with Crippen molar-refractivity contribution in [3.05, 3.63) is 0 Å². The van der Waals surface area contributed by atoms with Gasteiger partial charge in [-0.3, -0.25) is 4.99 Å². The quantitative estimate of drug-likeness (QED) is 0.406. The van der Waals surface area contributed by atoms with E-state index in [-0.39, 0.29) is 5.17 Å². The molecule has 0 rings (SSSR count). The molecule has 0 N–H and O–H groups in total. The molecule has 0 amide bonds. The Labute approximate surface area is 60.6 Å². The van der Waals surface area contributed by atoms with Gasteiger partial charge in [-0.05, 0) is 13.6 Å². The van der Waals surface area contributed by atoms with Gasteiger partial charge in [0.25, 0.3) is 0 Å². The van der Waals surface area contributed by atoms with Crippen molar-refractivity contribution in [1.29, 1.82) is 0 Å². The van der Waals surface area contributed by atoms with Crippen LogP contribution in [0.25, 0.3) is 0 Å². The van der Waals surface area contributed by atoms with Gasteiger partial charge in [-0.2, -0.15) is 0 Å². The van der Waals surface area contributed by atoms with Crippen LogP contribution in [0.2, 0.25) is 0 Å². The average molecular weight is 162 g/mol. The summed E-state index contributed by atoms with van der Waals surface area (Å²) in [7, 11) is -3.26. The molecule has 0 bridgehead atoms. The minimum atomic E-state index is -3.26. The van der Waals surface area contributed by atoms with Crippen molar-refractivity contribution < 1.29 is 8.42 Å². The van der Waals surface area contributed by atoms with E-state index in [4.69, 9.17) is 0 Å². The van der Waals surface area contributed by atoms with Crippen LogP contribution in [0.5, 0.6) is 0 Å². The number of hydrogen-bond donors (Lipinski definition) is 0. The van der Waals surface area contributed by atoms with Gasteiger partial charge in [0.2, 0.25) is 15.0 Å². The van der Waals surface area contributed by atoms with Crippen molar-refractivity contribution in [1.82, 2.24) is 0 Å². The molecule has 0 aliphatic carbocycles. The van der Waals surface area contributed by atoms with E-state index in [0.29, 0.717) is 6.54 Å². The number of nitrogens with zero attached hydrogens (tertiary/aromatic N) is 2. The molecule has 0 aromatic rings. The molecule has 58 valence electrons. The number of amidine groups is 1. The van der Waals surface area contributed by atoms with E-state index in [1.165, 1.54) is 0 Å². The van der Waals surface area contributed by atoms with Crippen LogP contribution in [-0.4, -0.2) is 33.1 Å². The maximum Gasteiger partial charge on any atom is 0.241 e. The molecule has 0 radical (unpaired) electrons. The first-order valence-corrected chi connectivity index (χ1v) is 4.62. The third-order valence-corrected chi connectivity index (χ3v) is 1.68. The Bertz CT molecular complexity index is 240. The molecular weight excluding hydrogens is 152 g/mol. The second-order valence-electron chi connectivity index (χ2n) is 1.69. The molecule has 0 spiro atoms. The minimum absolute atomic E-state index is 0.185. The molecule has 0 heterocycles. The maximum atomic E-state index is 10.7. The van der Waals surface area contributed by atoms with Crippen LogP contribution in [0.1, 0.15) is 6.92 Å². The van der Waals surface area contributed by atoms with E-state index in [1.807, 2.05) is 0 Å². The Kier molecular flexibility index (Phi) is 3.21. The van der Waals surface area contributed by atoms with E-state index in [0.717, 1.165) is 6.26 Å². The fourth-order valence-corrected chi connectivity index (χ4v) is 1.02. The summed E-state index contributed by atoms with van der Waals surface area (Å²) in [5, 5.41) is -0.185. The molecule has 0 aliphatic rings. The van der Waals surface area contributed by atoms with Gasteiger partial charge < -0.3 is 0 Å². The first kappa shape index (κ1) is 9.29. The van der Waals surface area contributed by atoms with Crippen LogP contribution in [-0.2, 0) is 9.84 Å². The minimum Gasteiger partial charge on any atom is -0.257 e. The Hall–Kier alpha value is -0.710. The normalized spacial score (nSPS) is 13.2. The van der Waals surface area contributed by atoms with Gasteiger partial charge >= 0.3 is 0 Å². The van der Waals surface area contributed by atoms with Crippen molar-refractivity contribution in [3.63, 3.8) is 0 Å². The first-order chi connectivity index (χ1) is 4.52. The molecule has 5 heteroatoms. The van der Waals surface area contributed by atoms with Crippen LogP contribution in [0.4, 0.5) is 0 Å². The van der Waals surface area contributed by atoms with Gasteiger partial charge in [0.15, 0.2) is 0 Å². The average Bonchev–Trinajstić information content (AvgIpc) is 1.80. The SMILES string of the molecule is C=NC(=NCC)S(C)(=O)=O. The summed E-state index contributed by atoms with van der Waals surface area (Å²) in [5.74, 6) is 0. The molecule has 0 aromatic carbocycles. The van der Waals surface area contributed by atoms with Crippen LogP contribution >= 0.6 is 0 Å². The van der Waals surface area contributed by atoms with Gasteiger partial charge in [0.1, 0.15) is 0 Å². The summed E-state index contributed by atoms with van der Waals surface area (Å²) in [4.78, 5) is 6.87. The highest BCUT2D eigenvalue weighted by Gasteiger charge is 2.08. The largest absolute Gasteiger partial charge is 0.257 e. The lowest BCUT2D eigenvalue weighted by Crippen LogP contribution is -2.09. The first-order valence-electron chi connectivity index (χ1n) is 2.73. The molecule has 0 unspecified atom stereocenters. The highest BCUT2D eigenvalue weighted by molar-refractivity contribution is 8.05. The summed E-state index contributed by atoms with van der Waals surface area (Å²) in [5.41, 5.74) is 0. The maximum absolute atomic E-state index is 10.7. The zero-order valence-corrected chi connectivity index (χ0v) is 6.85. The van der Waals surface area contributed by atoms with Gasteiger partial charge in [-0.25, -0.2) is 13.4 Å². The van der Waals surface area contributed by atoms with E-state index in [9.17, 15) is 8.42 Å². The van der Waals surface area contributed by atoms with Crippen molar-refractivity contribution >= 4 is 21.7 Å². The summed E-state index contributed by atoms with van der Waals surface area (Å²) in [6, 6.07) is 0. The van der Waals surface area contributed by atoms with E-state index in [1.54, 1.807) is 6.92 Å². The molecule has 0 fully saturated rings. The zero-order valence-electron chi connectivity index (χ0n) is 6.03. The number of rotatable bonds is 1. The van der Waals surface area contributed by atoms with Crippen molar-refractivity contribution in [2.24, 2.45) is 9.98 Å². The fourth-order valence-electron chi connectivity index (χ4n) is 0.420. The van der Waals surface area contributed by atoms with Crippen LogP contribution in [0.15, 0.2) is 9.98 Å². The number of sulfone groups is 1. The third kappa shape index (κ3) is 2.72. The van der Waals surface area contributed by atoms with E-state index < -0.39 is 9.84 Å². The monoisotopic (exact) mass is 162 g/mol. The summed E-state index contributed by atoms with van der Waals surface area (Å²) >= 11 is 0. The third-order valence-electron chi connectivity index (χ3n) is 0.760. The Morgan fingerprint density at radius 1 is 1.60 bits per heavy atom. The lowest BCUT2D eigenvalue weighted by molar-refractivity contribution is 0.612. The van der Waals surface area contributed by atoms with Gasteiger partial charge in [0, 0.05) is 12.8 Å². The molecule has 0 saturated heterocycles. The fraction of sp³-hybridized carbons (Fsp3) is 0.600. The lowest BCUT2D eigenvalue weighted by atomic mass is 10.8. The predicted octanol–water partition coefficient (Wildman–Crippen LogP) is 0.107. The molecule has 0 aromatic heterocycles. The molecule has 4 nitrogen and oxygen atoms in total. The van der Waals surface area contributed by atoms with Crippen molar-refractivity contribution in [2.45, 2.75) is 6.92 Å².